The molecule has 0 saturated carbocycles. The molecule has 0 unspecified atom stereocenters. The molecule has 0 bridgehead atoms. The summed E-state index contributed by atoms with van der Waals surface area (Å²) in [7, 11) is 2.05. The Morgan fingerprint density at radius 3 is 2.53 bits per heavy atom. The second kappa shape index (κ2) is 5.54. The van der Waals surface area contributed by atoms with Crippen molar-refractivity contribution >= 4 is 11.8 Å². The summed E-state index contributed by atoms with van der Waals surface area (Å²) in [5.74, 6) is 0.564. The van der Waals surface area contributed by atoms with Crippen LogP contribution in [-0.4, -0.2) is 64.3 Å². The number of imidazole rings is 1. The predicted molar refractivity (Wildman–Crippen MR) is 70.4 cm³/mol. The summed E-state index contributed by atoms with van der Waals surface area (Å²) >= 11 is 0. The van der Waals surface area contributed by atoms with E-state index in [-0.39, 0.29) is 19.1 Å². The highest BCUT2D eigenvalue weighted by atomic mass is 16.6. The Kier molecular flexibility index (Phi) is 4.01. The molecule has 2 heterocycles. The standard InChI is InChI=1S/C11H19N5O3/c1-9-10(14-5-3-13(2)4-6-14)15(7-8-17)11(12-9)16(18)19/h17H,3-8H2,1-2H3. The molecule has 19 heavy (non-hydrogen) atoms. The fourth-order valence-corrected chi connectivity index (χ4v) is 2.41. The maximum Gasteiger partial charge on any atom is 0.436 e. The van der Waals surface area contributed by atoms with Crippen molar-refractivity contribution in [2.75, 3.05) is 44.7 Å². The fourth-order valence-electron chi connectivity index (χ4n) is 2.41. The zero-order valence-electron chi connectivity index (χ0n) is 11.2. The topological polar surface area (TPSA) is 87.7 Å². The molecular weight excluding hydrogens is 250 g/mol. The summed E-state index contributed by atoms with van der Waals surface area (Å²) < 4.78 is 1.50. The average molecular weight is 269 g/mol. The monoisotopic (exact) mass is 269 g/mol. The number of nitrogens with zero attached hydrogens (tertiary/aromatic N) is 5. The molecule has 0 aromatic carbocycles. The van der Waals surface area contributed by atoms with Crippen LogP contribution in [-0.2, 0) is 6.54 Å². The third-order valence-electron chi connectivity index (χ3n) is 3.38. The summed E-state index contributed by atoms with van der Waals surface area (Å²) in [6.45, 7) is 5.27. The van der Waals surface area contributed by atoms with Crippen LogP contribution < -0.4 is 4.90 Å². The van der Waals surface area contributed by atoms with Gasteiger partial charge >= 0.3 is 5.95 Å². The fraction of sp³-hybridized carbons (Fsp3) is 0.727. The van der Waals surface area contributed by atoms with Gasteiger partial charge in [-0.1, -0.05) is 4.98 Å². The van der Waals surface area contributed by atoms with Gasteiger partial charge in [0.15, 0.2) is 5.69 Å². The van der Waals surface area contributed by atoms with Gasteiger partial charge in [0.1, 0.15) is 0 Å². The lowest BCUT2D eigenvalue weighted by Gasteiger charge is -2.32. The van der Waals surface area contributed by atoms with Crippen LogP contribution in [0, 0.1) is 17.0 Å². The smallest absolute Gasteiger partial charge is 0.393 e. The number of hydrogen-bond acceptors (Lipinski definition) is 6. The Morgan fingerprint density at radius 2 is 2.00 bits per heavy atom. The van der Waals surface area contributed by atoms with Crippen LogP contribution in [0.5, 0.6) is 0 Å². The Labute approximate surface area is 111 Å². The molecule has 1 fully saturated rings. The van der Waals surface area contributed by atoms with Crippen molar-refractivity contribution in [1.82, 2.24) is 14.5 Å². The summed E-state index contributed by atoms with van der Waals surface area (Å²) in [6, 6.07) is 0. The number of anilines is 1. The molecule has 8 nitrogen and oxygen atoms in total. The molecule has 1 aromatic heterocycles. The van der Waals surface area contributed by atoms with Gasteiger partial charge in [-0.2, -0.15) is 0 Å². The van der Waals surface area contributed by atoms with Gasteiger partial charge in [0.2, 0.25) is 5.82 Å². The van der Waals surface area contributed by atoms with Crippen LogP contribution in [0.1, 0.15) is 5.69 Å². The van der Waals surface area contributed by atoms with Gasteiger partial charge < -0.3 is 25.0 Å². The Bertz CT molecular complexity index is 465. The third kappa shape index (κ3) is 2.69. The molecule has 0 atom stereocenters. The van der Waals surface area contributed by atoms with Crippen molar-refractivity contribution in [2.45, 2.75) is 13.5 Å². The van der Waals surface area contributed by atoms with E-state index in [1.165, 1.54) is 4.57 Å². The first kappa shape index (κ1) is 13.8. The van der Waals surface area contributed by atoms with Gasteiger partial charge in [0.05, 0.1) is 13.2 Å². The number of aliphatic hydroxyl groups excluding tert-OH is 1. The Morgan fingerprint density at radius 1 is 1.37 bits per heavy atom. The van der Waals surface area contributed by atoms with Crippen LogP contribution in [0.3, 0.4) is 0 Å². The van der Waals surface area contributed by atoms with E-state index < -0.39 is 4.92 Å². The quantitative estimate of drug-likeness (QED) is 0.604. The van der Waals surface area contributed by atoms with Crippen LogP contribution >= 0.6 is 0 Å². The van der Waals surface area contributed by atoms with Crippen molar-refractivity contribution in [3.05, 3.63) is 15.8 Å². The number of aliphatic hydroxyl groups is 1. The highest BCUT2D eigenvalue weighted by Gasteiger charge is 2.29. The van der Waals surface area contributed by atoms with E-state index in [4.69, 9.17) is 5.11 Å². The number of aromatic nitrogens is 2. The molecule has 1 aromatic rings. The summed E-state index contributed by atoms with van der Waals surface area (Å²) in [5.41, 5.74) is 0.643. The molecule has 0 amide bonds. The first-order valence-electron chi connectivity index (χ1n) is 6.30. The second-order valence-electron chi connectivity index (χ2n) is 4.74. The predicted octanol–water partition coefficient (Wildman–Crippen LogP) is -0.156. The molecule has 2 rings (SSSR count). The van der Waals surface area contributed by atoms with Crippen molar-refractivity contribution in [3.8, 4) is 0 Å². The van der Waals surface area contributed by atoms with Gasteiger partial charge in [-0.15, -0.1) is 0 Å². The molecule has 8 heteroatoms. The molecule has 0 radical (unpaired) electrons. The van der Waals surface area contributed by atoms with E-state index in [2.05, 4.69) is 21.8 Å². The molecule has 1 aliphatic rings. The third-order valence-corrected chi connectivity index (χ3v) is 3.38. The average Bonchev–Trinajstić information content (AvgIpc) is 2.68. The summed E-state index contributed by atoms with van der Waals surface area (Å²) in [4.78, 5) is 18.9. The lowest BCUT2D eigenvalue weighted by molar-refractivity contribution is -0.396. The minimum Gasteiger partial charge on any atom is -0.393 e. The first-order valence-corrected chi connectivity index (χ1v) is 6.30. The lowest BCUT2D eigenvalue weighted by Crippen LogP contribution is -2.45. The molecule has 0 spiro atoms. The number of rotatable bonds is 4. The van der Waals surface area contributed by atoms with E-state index >= 15 is 0 Å². The number of likely N-dealkylation sites (N-methyl/N-ethyl adjacent to an activating group) is 1. The first-order chi connectivity index (χ1) is 9.04. The zero-order chi connectivity index (χ0) is 14.0. The Hall–Kier alpha value is -1.67. The minimum atomic E-state index is -0.498. The molecule has 106 valence electrons. The molecule has 1 N–H and O–H groups in total. The highest BCUT2D eigenvalue weighted by molar-refractivity contribution is 5.49. The van der Waals surface area contributed by atoms with E-state index in [0.717, 1.165) is 32.0 Å². The number of piperazine rings is 1. The lowest BCUT2D eigenvalue weighted by atomic mass is 10.3. The van der Waals surface area contributed by atoms with E-state index in [1.807, 2.05) is 0 Å². The number of hydrogen-bond donors (Lipinski definition) is 1. The molecule has 1 aliphatic heterocycles. The summed E-state index contributed by atoms with van der Waals surface area (Å²) in [6.07, 6.45) is 0. The van der Waals surface area contributed by atoms with Gasteiger partial charge in [-0.3, -0.25) is 0 Å². The van der Waals surface area contributed by atoms with Crippen LogP contribution in [0.25, 0.3) is 0 Å². The van der Waals surface area contributed by atoms with Crippen LogP contribution in [0.4, 0.5) is 11.8 Å². The van der Waals surface area contributed by atoms with Crippen LogP contribution in [0.2, 0.25) is 0 Å². The largest absolute Gasteiger partial charge is 0.436 e. The summed E-state index contributed by atoms with van der Waals surface area (Å²) in [5, 5.41) is 20.1. The van der Waals surface area contributed by atoms with Gasteiger partial charge in [-0.25, -0.2) is 4.57 Å². The molecular formula is C11H19N5O3. The van der Waals surface area contributed by atoms with Gasteiger partial charge in [0.25, 0.3) is 0 Å². The number of aryl methyl sites for hydroxylation is 1. The van der Waals surface area contributed by atoms with Gasteiger partial charge in [-0.05, 0) is 18.9 Å². The second-order valence-corrected chi connectivity index (χ2v) is 4.74. The zero-order valence-corrected chi connectivity index (χ0v) is 11.2. The normalized spacial score (nSPS) is 16.9. The van der Waals surface area contributed by atoms with Crippen molar-refractivity contribution < 1.29 is 10.0 Å². The SMILES string of the molecule is Cc1nc([N+](=O)[O-])n(CCO)c1N1CCN(C)CC1. The van der Waals surface area contributed by atoms with Crippen molar-refractivity contribution in [2.24, 2.45) is 0 Å². The van der Waals surface area contributed by atoms with E-state index in [0.29, 0.717) is 5.69 Å². The highest BCUT2D eigenvalue weighted by Crippen LogP contribution is 2.26. The van der Waals surface area contributed by atoms with Gasteiger partial charge in [0, 0.05) is 26.2 Å². The maximum atomic E-state index is 11.0. The molecule has 0 aliphatic carbocycles. The molecule has 1 saturated heterocycles. The van der Waals surface area contributed by atoms with E-state index in [1.54, 1.807) is 6.92 Å². The number of nitro groups is 1. The van der Waals surface area contributed by atoms with Crippen LogP contribution in [0.15, 0.2) is 0 Å². The van der Waals surface area contributed by atoms with E-state index in [9.17, 15) is 10.1 Å². The maximum absolute atomic E-state index is 11.0. The Balaban J connectivity index is 2.35. The van der Waals surface area contributed by atoms with Crippen molar-refractivity contribution in [3.63, 3.8) is 0 Å². The minimum absolute atomic E-state index is 0.141. The van der Waals surface area contributed by atoms with Crippen molar-refractivity contribution in [1.29, 1.82) is 0 Å².